The summed E-state index contributed by atoms with van der Waals surface area (Å²) in [5.74, 6) is 1.19. The molecule has 0 radical (unpaired) electrons. The maximum absolute atomic E-state index is 9.93. The van der Waals surface area contributed by atoms with Crippen LogP contribution in [0, 0.1) is 0 Å². The summed E-state index contributed by atoms with van der Waals surface area (Å²) >= 11 is 0. The average molecular weight is 441 g/mol. The lowest BCUT2D eigenvalue weighted by Crippen LogP contribution is -2.38. The van der Waals surface area contributed by atoms with Crippen molar-refractivity contribution >= 4 is 29.9 Å². The van der Waals surface area contributed by atoms with E-state index < -0.39 is 6.10 Å². The molecular formula is C15H28IN3O4. The Bertz CT molecular complexity index is 401. The zero-order valence-electron chi connectivity index (χ0n) is 13.8. The Hall–Kier alpha value is -0.840. The predicted molar refractivity (Wildman–Crippen MR) is 100 cm³/mol. The third-order valence-electron chi connectivity index (χ3n) is 2.83. The number of nitrogens with zero attached hydrogens (tertiary/aromatic N) is 1. The van der Waals surface area contributed by atoms with Gasteiger partial charge in [-0.05, 0) is 25.5 Å². The number of aliphatic hydroxyl groups excluding tert-OH is 1. The van der Waals surface area contributed by atoms with Crippen molar-refractivity contribution in [1.29, 1.82) is 0 Å². The maximum atomic E-state index is 9.93. The van der Waals surface area contributed by atoms with Crippen molar-refractivity contribution in [1.82, 2.24) is 10.6 Å². The summed E-state index contributed by atoms with van der Waals surface area (Å²) in [6.07, 6.45) is 1.67. The van der Waals surface area contributed by atoms with Gasteiger partial charge >= 0.3 is 0 Å². The van der Waals surface area contributed by atoms with Gasteiger partial charge in [-0.15, -0.1) is 24.0 Å². The van der Waals surface area contributed by atoms with Crippen LogP contribution in [0.3, 0.4) is 0 Å². The second-order valence-electron chi connectivity index (χ2n) is 4.64. The van der Waals surface area contributed by atoms with Gasteiger partial charge < -0.3 is 29.6 Å². The number of guanidine groups is 1. The maximum Gasteiger partial charge on any atom is 0.191 e. The molecule has 1 atom stereocenters. The second-order valence-corrected chi connectivity index (χ2v) is 4.64. The molecule has 1 aromatic heterocycles. The molecule has 1 aromatic rings. The van der Waals surface area contributed by atoms with Gasteiger partial charge in [0.25, 0.3) is 0 Å². The zero-order chi connectivity index (χ0) is 16.0. The SMILES string of the molecule is CCNC(=NCC(O)c1ccco1)NCCCOCCOC.I. The van der Waals surface area contributed by atoms with Crippen molar-refractivity contribution in [3.8, 4) is 0 Å². The lowest BCUT2D eigenvalue weighted by atomic mass is 10.3. The minimum absolute atomic E-state index is 0. The van der Waals surface area contributed by atoms with Crippen LogP contribution >= 0.6 is 24.0 Å². The highest BCUT2D eigenvalue weighted by Crippen LogP contribution is 2.12. The molecule has 0 amide bonds. The van der Waals surface area contributed by atoms with E-state index in [2.05, 4.69) is 15.6 Å². The smallest absolute Gasteiger partial charge is 0.191 e. The van der Waals surface area contributed by atoms with Crippen molar-refractivity contribution < 1.29 is 19.0 Å². The first-order valence-electron chi connectivity index (χ1n) is 7.58. The van der Waals surface area contributed by atoms with Gasteiger partial charge in [-0.25, -0.2) is 0 Å². The van der Waals surface area contributed by atoms with Crippen LogP contribution < -0.4 is 10.6 Å². The van der Waals surface area contributed by atoms with Crippen LogP contribution in [0.5, 0.6) is 0 Å². The Kier molecular flexibility index (Phi) is 14.2. The lowest BCUT2D eigenvalue weighted by Gasteiger charge is -2.12. The summed E-state index contributed by atoms with van der Waals surface area (Å²) in [6.45, 7) is 5.64. The molecule has 0 aromatic carbocycles. The van der Waals surface area contributed by atoms with Crippen molar-refractivity contribution in [2.24, 2.45) is 4.99 Å². The normalized spacial score (nSPS) is 12.6. The number of aliphatic hydroxyl groups is 1. The Morgan fingerprint density at radius 1 is 1.35 bits per heavy atom. The van der Waals surface area contributed by atoms with Gasteiger partial charge in [-0.1, -0.05) is 0 Å². The van der Waals surface area contributed by atoms with Crippen LogP contribution in [0.2, 0.25) is 0 Å². The van der Waals surface area contributed by atoms with Crippen molar-refractivity contribution in [3.63, 3.8) is 0 Å². The molecule has 7 nitrogen and oxygen atoms in total. The summed E-state index contributed by atoms with van der Waals surface area (Å²) < 4.78 is 15.4. The fourth-order valence-electron chi connectivity index (χ4n) is 1.72. The van der Waals surface area contributed by atoms with Gasteiger partial charge in [0.15, 0.2) is 5.96 Å². The van der Waals surface area contributed by atoms with Gasteiger partial charge in [0.05, 0.1) is 26.0 Å². The number of methoxy groups -OCH3 is 1. The first-order chi connectivity index (χ1) is 10.8. The Labute approximate surface area is 154 Å². The monoisotopic (exact) mass is 441 g/mol. The molecule has 1 rings (SSSR count). The topological polar surface area (TPSA) is 88.3 Å². The van der Waals surface area contributed by atoms with Crippen LogP contribution in [-0.4, -0.2) is 57.6 Å². The molecule has 3 N–H and O–H groups in total. The van der Waals surface area contributed by atoms with Crippen LogP contribution in [-0.2, 0) is 9.47 Å². The number of furan rings is 1. The van der Waals surface area contributed by atoms with E-state index in [9.17, 15) is 5.11 Å². The standard InChI is InChI=1S/C15H27N3O4.HI/c1-3-16-15(17-7-5-8-21-11-10-20-2)18-12-13(19)14-6-4-9-22-14;/h4,6,9,13,19H,3,5,7-8,10-12H2,1-2H3,(H2,16,17,18);1H. The molecule has 23 heavy (non-hydrogen) atoms. The number of halogens is 1. The molecule has 0 spiro atoms. The fraction of sp³-hybridized carbons (Fsp3) is 0.667. The van der Waals surface area contributed by atoms with Crippen LogP contribution in [0.25, 0.3) is 0 Å². The number of hydrogen-bond acceptors (Lipinski definition) is 5. The molecule has 8 heteroatoms. The lowest BCUT2D eigenvalue weighted by molar-refractivity contribution is 0.0698. The third kappa shape index (κ3) is 10.5. The van der Waals surface area contributed by atoms with E-state index in [0.717, 1.165) is 19.5 Å². The first-order valence-corrected chi connectivity index (χ1v) is 7.58. The number of nitrogens with one attached hydrogen (secondary N) is 2. The summed E-state index contributed by atoms with van der Waals surface area (Å²) in [5, 5.41) is 16.3. The molecule has 0 aliphatic rings. The number of ether oxygens (including phenoxy) is 2. The molecule has 0 aliphatic heterocycles. The summed E-state index contributed by atoms with van der Waals surface area (Å²) in [4.78, 5) is 4.34. The van der Waals surface area contributed by atoms with E-state index in [1.54, 1.807) is 19.2 Å². The molecule has 1 unspecified atom stereocenters. The second kappa shape index (κ2) is 14.7. The molecule has 0 fully saturated rings. The molecule has 134 valence electrons. The minimum Gasteiger partial charge on any atom is -0.467 e. The van der Waals surface area contributed by atoms with E-state index >= 15 is 0 Å². The van der Waals surface area contributed by atoms with Crippen LogP contribution in [0.1, 0.15) is 25.2 Å². The van der Waals surface area contributed by atoms with Crippen LogP contribution in [0.4, 0.5) is 0 Å². The molecule has 0 aliphatic carbocycles. The minimum atomic E-state index is -0.733. The largest absolute Gasteiger partial charge is 0.467 e. The highest BCUT2D eigenvalue weighted by molar-refractivity contribution is 14.0. The van der Waals surface area contributed by atoms with E-state index in [1.165, 1.54) is 6.26 Å². The van der Waals surface area contributed by atoms with E-state index in [4.69, 9.17) is 13.9 Å². The molecule has 0 saturated carbocycles. The van der Waals surface area contributed by atoms with E-state index in [0.29, 0.717) is 31.5 Å². The van der Waals surface area contributed by atoms with E-state index in [1.807, 2.05) is 6.92 Å². The number of hydrogen-bond donors (Lipinski definition) is 3. The molecule has 0 saturated heterocycles. The van der Waals surface area contributed by atoms with Gasteiger partial charge in [0.2, 0.25) is 0 Å². The van der Waals surface area contributed by atoms with Crippen molar-refractivity contribution in [3.05, 3.63) is 24.2 Å². The van der Waals surface area contributed by atoms with Crippen molar-refractivity contribution in [2.45, 2.75) is 19.4 Å². The van der Waals surface area contributed by atoms with Gasteiger partial charge in [0.1, 0.15) is 11.9 Å². The molecule has 1 heterocycles. The Balaban J connectivity index is 0.00000484. The van der Waals surface area contributed by atoms with Gasteiger partial charge in [-0.3, -0.25) is 4.99 Å². The zero-order valence-corrected chi connectivity index (χ0v) is 16.1. The summed E-state index contributed by atoms with van der Waals surface area (Å²) in [6, 6.07) is 3.48. The highest BCUT2D eigenvalue weighted by atomic mass is 127. The Morgan fingerprint density at radius 2 is 2.17 bits per heavy atom. The summed E-state index contributed by atoms with van der Waals surface area (Å²) in [5.41, 5.74) is 0. The van der Waals surface area contributed by atoms with Crippen molar-refractivity contribution in [2.75, 3.05) is 46.6 Å². The number of aliphatic imine (C=N–C) groups is 1. The molecule has 0 bridgehead atoms. The van der Waals surface area contributed by atoms with Gasteiger partial charge in [0, 0.05) is 26.8 Å². The van der Waals surface area contributed by atoms with E-state index in [-0.39, 0.29) is 30.5 Å². The Morgan fingerprint density at radius 3 is 2.83 bits per heavy atom. The number of rotatable bonds is 11. The average Bonchev–Trinajstić information content (AvgIpc) is 3.05. The first kappa shape index (κ1) is 22.2. The fourth-order valence-corrected chi connectivity index (χ4v) is 1.72. The quantitative estimate of drug-likeness (QED) is 0.209. The highest BCUT2D eigenvalue weighted by Gasteiger charge is 2.09. The van der Waals surface area contributed by atoms with Crippen LogP contribution in [0.15, 0.2) is 27.8 Å². The third-order valence-corrected chi connectivity index (χ3v) is 2.83. The van der Waals surface area contributed by atoms with Gasteiger partial charge in [-0.2, -0.15) is 0 Å². The predicted octanol–water partition coefficient (Wildman–Crippen LogP) is 1.54. The molecular weight excluding hydrogens is 413 g/mol. The summed E-state index contributed by atoms with van der Waals surface area (Å²) in [7, 11) is 1.65.